The molecule has 1 unspecified atom stereocenters. The first-order chi connectivity index (χ1) is 5.68. The van der Waals surface area contributed by atoms with Gasteiger partial charge in [0, 0.05) is 25.6 Å². The number of hydrogen-bond donors (Lipinski definition) is 2. The highest BCUT2D eigenvalue weighted by Gasteiger charge is 2.19. The molecule has 2 N–H and O–H groups in total. The normalized spacial score (nSPS) is 22.2. The Labute approximate surface area is 73.2 Å². The molecule has 12 heavy (non-hydrogen) atoms. The van der Waals surface area contributed by atoms with Crippen LogP contribution in [0.5, 0.6) is 0 Å². The van der Waals surface area contributed by atoms with E-state index in [4.69, 9.17) is 0 Å². The van der Waals surface area contributed by atoms with Crippen LogP contribution in [-0.4, -0.2) is 25.0 Å². The van der Waals surface area contributed by atoms with Crippen molar-refractivity contribution in [2.24, 2.45) is 0 Å². The summed E-state index contributed by atoms with van der Waals surface area (Å²) in [4.78, 5) is 10.8. The summed E-state index contributed by atoms with van der Waals surface area (Å²) in [6.45, 7) is 5.77. The molecule has 0 aromatic heterocycles. The van der Waals surface area contributed by atoms with Gasteiger partial charge >= 0.3 is 0 Å². The van der Waals surface area contributed by atoms with E-state index >= 15 is 0 Å². The molecular weight excluding hydrogens is 152 g/mol. The van der Waals surface area contributed by atoms with Gasteiger partial charge in [-0.3, -0.25) is 4.79 Å². The van der Waals surface area contributed by atoms with Crippen LogP contribution in [0.2, 0.25) is 0 Å². The van der Waals surface area contributed by atoms with Gasteiger partial charge in [-0.2, -0.15) is 0 Å². The van der Waals surface area contributed by atoms with E-state index < -0.39 is 0 Å². The van der Waals surface area contributed by atoms with Gasteiger partial charge in [-0.15, -0.1) is 0 Å². The molecule has 0 aromatic carbocycles. The smallest absolute Gasteiger partial charge is 0.221 e. The highest BCUT2D eigenvalue weighted by Crippen LogP contribution is 1.98. The number of carbonyl (C=O) groups excluding carboxylic acids is 1. The van der Waals surface area contributed by atoms with Crippen molar-refractivity contribution in [2.75, 3.05) is 13.1 Å². The zero-order chi connectivity index (χ0) is 8.97. The van der Waals surface area contributed by atoms with E-state index in [0.29, 0.717) is 12.5 Å². The van der Waals surface area contributed by atoms with E-state index in [1.165, 1.54) is 5.57 Å². The largest absolute Gasteiger partial charge is 0.354 e. The second-order valence-electron chi connectivity index (χ2n) is 3.39. The third-order valence-electron chi connectivity index (χ3n) is 1.89. The van der Waals surface area contributed by atoms with Gasteiger partial charge in [0.25, 0.3) is 0 Å². The lowest BCUT2D eigenvalue weighted by Gasteiger charge is -2.06. The summed E-state index contributed by atoms with van der Waals surface area (Å²) >= 11 is 0. The van der Waals surface area contributed by atoms with E-state index in [2.05, 4.69) is 30.6 Å². The first-order valence-corrected chi connectivity index (χ1v) is 4.32. The molecule has 1 atom stereocenters. The minimum absolute atomic E-state index is 0.157. The molecule has 1 amide bonds. The number of hydrogen-bond acceptors (Lipinski definition) is 2. The highest BCUT2D eigenvalue weighted by atomic mass is 16.1. The Hall–Kier alpha value is -0.830. The molecule has 0 radical (unpaired) electrons. The average molecular weight is 168 g/mol. The third kappa shape index (κ3) is 3.05. The molecular formula is C9H16N2O. The molecule has 1 saturated heterocycles. The van der Waals surface area contributed by atoms with E-state index in [0.717, 1.165) is 13.1 Å². The second kappa shape index (κ2) is 4.26. The Kier molecular flexibility index (Phi) is 3.29. The van der Waals surface area contributed by atoms with Gasteiger partial charge in [0.1, 0.15) is 0 Å². The van der Waals surface area contributed by atoms with Crippen LogP contribution in [-0.2, 0) is 4.79 Å². The molecule has 1 heterocycles. The number of rotatable bonds is 3. The molecule has 0 aliphatic carbocycles. The van der Waals surface area contributed by atoms with Gasteiger partial charge in [-0.05, 0) is 13.8 Å². The molecule has 0 saturated carbocycles. The molecule has 0 aromatic rings. The van der Waals surface area contributed by atoms with Crippen molar-refractivity contribution in [1.82, 2.24) is 10.6 Å². The number of allylic oxidation sites excluding steroid dienone is 1. The van der Waals surface area contributed by atoms with Crippen LogP contribution in [0, 0.1) is 0 Å². The molecule has 68 valence electrons. The minimum Gasteiger partial charge on any atom is -0.354 e. The monoisotopic (exact) mass is 168 g/mol. The lowest BCUT2D eigenvalue weighted by molar-refractivity contribution is -0.119. The molecule has 3 heteroatoms. The topological polar surface area (TPSA) is 41.1 Å². The predicted molar refractivity (Wildman–Crippen MR) is 48.8 cm³/mol. The minimum atomic E-state index is 0.157. The fraction of sp³-hybridized carbons (Fsp3) is 0.667. The number of amides is 1. The second-order valence-corrected chi connectivity index (χ2v) is 3.39. The third-order valence-corrected chi connectivity index (χ3v) is 1.89. The Balaban J connectivity index is 2.16. The van der Waals surface area contributed by atoms with Gasteiger partial charge in [-0.1, -0.05) is 11.6 Å². The molecule has 1 aliphatic heterocycles. The summed E-state index contributed by atoms with van der Waals surface area (Å²) in [7, 11) is 0. The fourth-order valence-electron chi connectivity index (χ4n) is 1.18. The lowest BCUT2D eigenvalue weighted by Crippen LogP contribution is -2.30. The maximum Gasteiger partial charge on any atom is 0.221 e. The summed E-state index contributed by atoms with van der Waals surface area (Å²) in [6.07, 6.45) is 2.75. The van der Waals surface area contributed by atoms with Gasteiger partial charge in [0.05, 0.1) is 0 Å². The molecule has 1 fully saturated rings. The molecule has 1 aliphatic rings. The van der Waals surface area contributed by atoms with Crippen molar-refractivity contribution in [1.29, 1.82) is 0 Å². The van der Waals surface area contributed by atoms with Crippen LogP contribution in [0.15, 0.2) is 11.6 Å². The Morgan fingerprint density at radius 1 is 1.75 bits per heavy atom. The zero-order valence-electron chi connectivity index (χ0n) is 7.68. The first-order valence-electron chi connectivity index (χ1n) is 4.32. The Morgan fingerprint density at radius 3 is 3.00 bits per heavy atom. The van der Waals surface area contributed by atoms with Crippen molar-refractivity contribution < 1.29 is 4.79 Å². The van der Waals surface area contributed by atoms with Crippen molar-refractivity contribution >= 4 is 5.91 Å². The SMILES string of the molecule is CC(C)=CCNC1CNC(=O)C1. The van der Waals surface area contributed by atoms with Crippen LogP contribution in [0.4, 0.5) is 0 Å². The summed E-state index contributed by atoms with van der Waals surface area (Å²) < 4.78 is 0. The van der Waals surface area contributed by atoms with Crippen molar-refractivity contribution in [3.05, 3.63) is 11.6 Å². The van der Waals surface area contributed by atoms with Crippen LogP contribution in [0.25, 0.3) is 0 Å². The number of carbonyl (C=O) groups is 1. The Morgan fingerprint density at radius 2 is 2.50 bits per heavy atom. The fourth-order valence-corrected chi connectivity index (χ4v) is 1.18. The standard InChI is InChI=1S/C9H16N2O/c1-7(2)3-4-10-8-5-9(12)11-6-8/h3,8,10H,4-6H2,1-2H3,(H,11,12). The first kappa shape index (κ1) is 9.26. The highest BCUT2D eigenvalue weighted by molar-refractivity contribution is 5.78. The quantitative estimate of drug-likeness (QED) is 0.600. The summed E-state index contributed by atoms with van der Waals surface area (Å²) in [6, 6.07) is 0.327. The summed E-state index contributed by atoms with van der Waals surface area (Å²) in [5.41, 5.74) is 1.31. The van der Waals surface area contributed by atoms with Crippen molar-refractivity contribution in [3.8, 4) is 0 Å². The van der Waals surface area contributed by atoms with Crippen LogP contribution < -0.4 is 10.6 Å². The van der Waals surface area contributed by atoms with Gasteiger partial charge in [0.2, 0.25) is 5.91 Å². The summed E-state index contributed by atoms with van der Waals surface area (Å²) in [5, 5.41) is 6.07. The predicted octanol–water partition coefficient (Wildman–Crippen LogP) is 0.431. The lowest BCUT2D eigenvalue weighted by atomic mass is 10.2. The van der Waals surface area contributed by atoms with Crippen LogP contribution >= 0.6 is 0 Å². The van der Waals surface area contributed by atoms with Gasteiger partial charge in [-0.25, -0.2) is 0 Å². The molecule has 1 rings (SSSR count). The van der Waals surface area contributed by atoms with E-state index in [1.807, 2.05) is 0 Å². The maximum absolute atomic E-state index is 10.8. The zero-order valence-corrected chi connectivity index (χ0v) is 7.68. The average Bonchev–Trinajstić information content (AvgIpc) is 2.35. The molecule has 0 spiro atoms. The van der Waals surface area contributed by atoms with E-state index in [-0.39, 0.29) is 5.91 Å². The van der Waals surface area contributed by atoms with Crippen LogP contribution in [0.1, 0.15) is 20.3 Å². The van der Waals surface area contributed by atoms with E-state index in [1.54, 1.807) is 0 Å². The Bertz CT molecular complexity index is 195. The van der Waals surface area contributed by atoms with Gasteiger partial charge in [0.15, 0.2) is 0 Å². The maximum atomic E-state index is 10.8. The summed E-state index contributed by atoms with van der Waals surface area (Å²) in [5.74, 6) is 0.157. The van der Waals surface area contributed by atoms with Crippen LogP contribution in [0.3, 0.4) is 0 Å². The number of nitrogens with one attached hydrogen (secondary N) is 2. The van der Waals surface area contributed by atoms with Crippen molar-refractivity contribution in [3.63, 3.8) is 0 Å². The molecule has 3 nitrogen and oxygen atoms in total. The van der Waals surface area contributed by atoms with E-state index in [9.17, 15) is 4.79 Å². The van der Waals surface area contributed by atoms with Gasteiger partial charge < -0.3 is 10.6 Å². The molecule has 0 bridgehead atoms. The van der Waals surface area contributed by atoms with Crippen molar-refractivity contribution in [2.45, 2.75) is 26.3 Å².